The van der Waals surface area contributed by atoms with E-state index in [4.69, 9.17) is 5.11 Å². The Bertz CT molecular complexity index is 439. The lowest BCUT2D eigenvalue weighted by Crippen LogP contribution is -2.24. The van der Waals surface area contributed by atoms with Gasteiger partial charge in [0, 0.05) is 5.56 Å². The monoisotopic (exact) mass is 271 g/mol. The predicted molar refractivity (Wildman–Crippen MR) is 67.3 cm³/mol. The summed E-state index contributed by atoms with van der Waals surface area (Å²) in [5, 5.41) is 31.1. The van der Waals surface area contributed by atoms with Crippen molar-refractivity contribution in [2.24, 2.45) is 0 Å². The maximum atomic E-state index is 13.6. The average Bonchev–Trinajstić information content (AvgIpc) is 2.36. The third-order valence-electron chi connectivity index (χ3n) is 2.79. The summed E-state index contributed by atoms with van der Waals surface area (Å²) in [5.41, 5.74) is 0.297. The molecule has 6 heteroatoms. The molecule has 0 bridgehead atoms. The second-order valence-electron chi connectivity index (χ2n) is 4.33. The number of halogens is 1. The molecule has 0 aliphatic rings. The molecule has 0 amide bonds. The molecular formula is C13H18FNO4. The van der Waals surface area contributed by atoms with Crippen LogP contribution in [0.1, 0.15) is 23.7 Å². The van der Waals surface area contributed by atoms with E-state index in [9.17, 15) is 19.4 Å². The number of benzene rings is 1. The minimum Gasteiger partial charge on any atom is -0.481 e. The number of hydrogen-bond acceptors (Lipinski definition) is 4. The van der Waals surface area contributed by atoms with Crippen LogP contribution in [0.5, 0.6) is 0 Å². The van der Waals surface area contributed by atoms with E-state index in [1.165, 1.54) is 12.1 Å². The van der Waals surface area contributed by atoms with Gasteiger partial charge in [0.1, 0.15) is 11.9 Å². The molecule has 0 aromatic heterocycles. The summed E-state index contributed by atoms with van der Waals surface area (Å²) in [6, 6.07) is 3.72. The molecule has 4 N–H and O–H groups in total. The van der Waals surface area contributed by atoms with Gasteiger partial charge < -0.3 is 20.6 Å². The SMILES string of the molecule is CNCCC(O)C(O)c1cc(CC(=O)O)ccc1F. The Kier molecular flexibility index (Phi) is 5.88. The molecule has 1 aromatic rings. The first kappa shape index (κ1) is 15.6. The number of carbonyl (C=O) groups is 1. The highest BCUT2D eigenvalue weighted by atomic mass is 19.1. The molecule has 0 aliphatic heterocycles. The summed E-state index contributed by atoms with van der Waals surface area (Å²) in [6.45, 7) is 0.481. The molecule has 0 fully saturated rings. The fraction of sp³-hybridized carbons (Fsp3) is 0.462. The van der Waals surface area contributed by atoms with Gasteiger partial charge in [-0.25, -0.2) is 4.39 Å². The summed E-state index contributed by atoms with van der Waals surface area (Å²) >= 11 is 0. The van der Waals surface area contributed by atoms with Crippen molar-refractivity contribution in [2.45, 2.75) is 25.0 Å². The maximum absolute atomic E-state index is 13.6. The van der Waals surface area contributed by atoms with Crippen molar-refractivity contribution in [1.82, 2.24) is 5.32 Å². The minimum absolute atomic E-state index is 0.0812. The molecule has 0 aliphatic carbocycles. The lowest BCUT2D eigenvalue weighted by molar-refractivity contribution is -0.136. The Labute approximate surface area is 110 Å². The predicted octanol–water partition coefficient (Wildman–Crippen LogP) is 0.457. The van der Waals surface area contributed by atoms with Crippen LogP contribution in [0.2, 0.25) is 0 Å². The zero-order valence-corrected chi connectivity index (χ0v) is 10.6. The van der Waals surface area contributed by atoms with Gasteiger partial charge in [0.05, 0.1) is 12.5 Å². The number of aliphatic hydroxyl groups is 2. The van der Waals surface area contributed by atoms with Crippen LogP contribution in [-0.4, -0.2) is 41.0 Å². The fourth-order valence-electron chi connectivity index (χ4n) is 1.76. The van der Waals surface area contributed by atoms with E-state index in [0.29, 0.717) is 12.1 Å². The Morgan fingerprint density at radius 3 is 2.68 bits per heavy atom. The van der Waals surface area contributed by atoms with E-state index >= 15 is 0 Å². The lowest BCUT2D eigenvalue weighted by Gasteiger charge is -2.19. The second-order valence-corrected chi connectivity index (χ2v) is 4.33. The van der Waals surface area contributed by atoms with Gasteiger partial charge in [0.2, 0.25) is 0 Å². The number of carboxylic acid groups (broad SMARTS) is 1. The minimum atomic E-state index is -1.37. The largest absolute Gasteiger partial charge is 0.481 e. The quantitative estimate of drug-likeness (QED) is 0.578. The highest BCUT2D eigenvalue weighted by Gasteiger charge is 2.21. The molecule has 0 radical (unpaired) electrons. The molecule has 5 nitrogen and oxygen atoms in total. The summed E-state index contributed by atoms with van der Waals surface area (Å²) in [4.78, 5) is 10.6. The molecule has 106 valence electrons. The summed E-state index contributed by atoms with van der Waals surface area (Å²) in [5.74, 6) is -1.70. The van der Waals surface area contributed by atoms with Gasteiger partial charge >= 0.3 is 5.97 Å². The normalized spacial score (nSPS) is 14.1. The Hall–Kier alpha value is -1.50. The van der Waals surface area contributed by atoms with Gasteiger partial charge in [-0.3, -0.25) is 4.79 Å². The average molecular weight is 271 g/mol. The number of carboxylic acids is 1. The number of nitrogens with one attached hydrogen (secondary N) is 1. The first-order valence-corrected chi connectivity index (χ1v) is 5.96. The highest BCUT2D eigenvalue weighted by Crippen LogP contribution is 2.23. The molecule has 2 unspecified atom stereocenters. The summed E-state index contributed by atoms with van der Waals surface area (Å²) in [7, 11) is 1.70. The molecular weight excluding hydrogens is 253 g/mol. The molecule has 0 saturated heterocycles. The number of hydrogen-bond donors (Lipinski definition) is 4. The van der Waals surface area contributed by atoms with Crippen LogP contribution in [0.4, 0.5) is 4.39 Å². The molecule has 1 rings (SSSR count). The number of aliphatic hydroxyl groups excluding tert-OH is 2. The molecule has 0 saturated carbocycles. The van der Waals surface area contributed by atoms with Crippen LogP contribution in [0, 0.1) is 5.82 Å². The summed E-state index contributed by atoms with van der Waals surface area (Å²) < 4.78 is 13.6. The van der Waals surface area contributed by atoms with E-state index in [1.54, 1.807) is 7.05 Å². The topological polar surface area (TPSA) is 89.8 Å². The molecule has 1 aromatic carbocycles. The Morgan fingerprint density at radius 2 is 2.11 bits per heavy atom. The molecule has 2 atom stereocenters. The third kappa shape index (κ3) is 4.59. The fourth-order valence-corrected chi connectivity index (χ4v) is 1.76. The molecule has 19 heavy (non-hydrogen) atoms. The van der Waals surface area contributed by atoms with Gasteiger partial charge in [-0.05, 0) is 37.7 Å². The maximum Gasteiger partial charge on any atom is 0.307 e. The van der Waals surface area contributed by atoms with Crippen LogP contribution >= 0.6 is 0 Å². The van der Waals surface area contributed by atoms with Crippen molar-refractivity contribution in [2.75, 3.05) is 13.6 Å². The first-order chi connectivity index (χ1) is 8.95. The van der Waals surface area contributed by atoms with E-state index in [-0.39, 0.29) is 18.4 Å². The van der Waals surface area contributed by atoms with E-state index in [0.717, 1.165) is 6.07 Å². The highest BCUT2D eigenvalue weighted by molar-refractivity contribution is 5.70. The van der Waals surface area contributed by atoms with Crippen molar-refractivity contribution in [1.29, 1.82) is 0 Å². The van der Waals surface area contributed by atoms with Crippen molar-refractivity contribution >= 4 is 5.97 Å². The molecule has 0 spiro atoms. The zero-order valence-electron chi connectivity index (χ0n) is 10.6. The zero-order chi connectivity index (χ0) is 14.4. The standard InChI is InChI=1S/C13H18FNO4/c1-15-5-4-11(16)13(19)9-6-8(7-12(17)18)2-3-10(9)14/h2-3,6,11,13,15-16,19H,4-5,7H2,1H3,(H,17,18). The van der Waals surface area contributed by atoms with Crippen LogP contribution in [0.15, 0.2) is 18.2 Å². The number of rotatable bonds is 7. The number of aliphatic carboxylic acids is 1. The van der Waals surface area contributed by atoms with E-state index in [1.807, 2.05) is 0 Å². The van der Waals surface area contributed by atoms with Gasteiger partial charge in [-0.2, -0.15) is 0 Å². The van der Waals surface area contributed by atoms with E-state index in [2.05, 4.69) is 5.32 Å². The van der Waals surface area contributed by atoms with Gasteiger partial charge in [0.25, 0.3) is 0 Å². The van der Waals surface area contributed by atoms with Crippen molar-refractivity contribution < 1.29 is 24.5 Å². The van der Waals surface area contributed by atoms with Crippen molar-refractivity contribution in [3.63, 3.8) is 0 Å². The first-order valence-electron chi connectivity index (χ1n) is 5.96. The van der Waals surface area contributed by atoms with Crippen LogP contribution in [0.25, 0.3) is 0 Å². The smallest absolute Gasteiger partial charge is 0.307 e. The second kappa shape index (κ2) is 7.18. The van der Waals surface area contributed by atoms with Crippen molar-refractivity contribution in [3.05, 3.63) is 35.1 Å². The van der Waals surface area contributed by atoms with Gasteiger partial charge in [0.15, 0.2) is 0 Å². The lowest BCUT2D eigenvalue weighted by atomic mass is 9.98. The van der Waals surface area contributed by atoms with Crippen LogP contribution < -0.4 is 5.32 Å². The van der Waals surface area contributed by atoms with Crippen molar-refractivity contribution in [3.8, 4) is 0 Å². The summed E-state index contributed by atoms with van der Waals surface area (Å²) in [6.07, 6.45) is -2.48. The Balaban J connectivity index is 2.88. The van der Waals surface area contributed by atoms with E-state index < -0.39 is 24.0 Å². The third-order valence-corrected chi connectivity index (χ3v) is 2.79. The van der Waals surface area contributed by atoms with Gasteiger partial charge in [-0.15, -0.1) is 0 Å². The Morgan fingerprint density at radius 1 is 1.42 bits per heavy atom. The van der Waals surface area contributed by atoms with Gasteiger partial charge in [-0.1, -0.05) is 6.07 Å². The molecule has 0 heterocycles. The van der Waals surface area contributed by atoms with Crippen LogP contribution in [-0.2, 0) is 11.2 Å². The van der Waals surface area contributed by atoms with Crippen LogP contribution in [0.3, 0.4) is 0 Å².